The normalized spacial score (nSPS) is 12.4. The van der Waals surface area contributed by atoms with Gasteiger partial charge in [0.2, 0.25) is 0 Å². The van der Waals surface area contributed by atoms with E-state index >= 15 is 0 Å². The molecule has 18 heavy (non-hydrogen) atoms. The van der Waals surface area contributed by atoms with Crippen LogP contribution in [0.25, 0.3) is 0 Å². The second-order valence-electron chi connectivity index (χ2n) is 4.17. The van der Waals surface area contributed by atoms with Gasteiger partial charge in [-0.2, -0.15) is 0 Å². The van der Waals surface area contributed by atoms with Gasteiger partial charge in [-0.25, -0.2) is 4.39 Å². The van der Waals surface area contributed by atoms with Gasteiger partial charge in [-0.05, 0) is 46.6 Å². The predicted octanol–water partition coefficient (Wildman–Crippen LogP) is 4.09. The largest absolute Gasteiger partial charge is 0.313 e. The fraction of sp³-hybridized carbons (Fsp3) is 0.200. The molecule has 1 N–H and O–H groups in total. The van der Waals surface area contributed by atoms with Crippen LogP contribution in [0.2, 0.25) is 0 Å². The van der Waals surface area contributed by atoms with Crippen molar-refractivity contribution in [2.45, 2.75) is 12.5 Å². The van der Waals surface area contributed by atoms with Gasteiger partial charge in [0.05, 0.1) is 4.47 Å². The topological polar surface area (TPSA) is 12.0 Å². The van der Waals surface area contributed by atoms with E-state index in [2.05, 4.69) is 33.4 Å². The Morgan fingerprint density at radius 1 is 1.11 bits per heavy atom. The molecule has 0 bridgehead atoms. The first-order valence-corrected chi connectivity index (χ1v) is 6.66. The summed E-state index contributed by atoms with van der Waals surface area (Å²) in [6, 6.07) is 15.5. The minimum absolute atomic E-state index is 0.185. The molecular formula is C15H15BrFN. The highest BCUT2D eigenvalue weighted by atomic mass is 79.9. The molecule has 0 radical (unpaired) electrons. The SMILES string of the molecule is CNC(Cc1cccc(F)c1Br)c1ccccc1. The molecule has 0 aliphatic rings. The van der Waals surface area contributed by atoms with E-state index in [0.29, 0.717) is 4.47 Å². The smallest absolute Gasteiger partial charge is 0.137 e. The Morgan fingerprint density at radius 2 is 1.83 bits per heavy atom. The second kappa shape index (κ2) is 6.12. The summed E-state index contributed by atoms with van der Waals surface area (Å²) >= 11 is 3.31. The third-order valence-electron chi connectivity index (χ3n) is 3.01. The van der Waals surface area contributed by atoms with Crippen LogP contribution in [-0.4, -0.2) is 7.05 Å². The Bertz CT molecular complexity index is 513. The molecule has 2 rings (SSSR count). The van der Waals surface area contributed by atoms with Crippen LogP contribution in [0.3, 0.4) is 0 Å². The van der Waals surface area contributed by atoms with E-state index in [1.54, 1.807) is 6.07 Å². The van der Waals surface area contributed by atoms with E-state index in [1.807, 2.05) is 31.3 Å². The lowest BCUT2D eigenvalue weighted by Gasteiger charge is -2.17. The fourth-order valence-corrected chi connectivity index (χ4v) is 2.42. The highest BCUT2D eigenvalue weighted by Gasteiger charge is 2.13. The number of hydrogen-bond donors (Lipinski definition) is 1. The Morgan fingerprint density at radius 3 is 2.50 bits per heavy atom. The minimum atomic E-state index is -0.213. The number of rotatable bonds is 4. The zero-order chi connectivity index (χ0) is 13.0. The van der Waals surface area contributed by atoms with Crippen LogP contribution in [0, 0.1) is 5.82 Å². The molecule has 0 saturated heterocycles. The summed E-state index contributed by atoms with van der Waals surface area (Å²) in [5.41, 5.74) is 2.18. The predicted molar refractivity (Wildman–Crippen MR) is 76.0 cm³/mol. The van der Waals surface area contributed by atoms with E-state index in [1.165, 1.54) is 11.6 Å². The fourth-order valence-electron chi connectivity index (χ4n) is 2.00. The summed E-state index contributed by atoms with van der Waals surface area (Å²) in [7, 11) is 1.92. The van der Waals surface area contributed by atoms with E-state index in [0.717, 1.165) is 12.0 Å². The molecular weight excluding hydrogens is 293 g/mol. The minimum Gasteiger partial charge on any atom is -0.313 e. The van der Waals surface area contributed by atoms with Crippen molar-refractivity contribution in [1.82, 2.24) is 5.32 Å². The third-order valence-corrected chi connectivity index (χ3v) is 3.89. The molecule has 0 fully saturated rings. The number of likely N-dealkylation sites (N-methyl/N-ethyl adjacent to an activating group) is 1. The summed E-state index contributed by atoms with van der Waals surface area (Å²) < 4.78 is 14.0. The van der Waals surface area contributed by atoms with Crippen molar-refractivity contribution in [3.8, 4) is 0 Å². The van der Waals surface area contributed by atoms with E-state index in [4.69, 9.17) is 0 Å². The summed E-state index contributed by atoms with van der Waals surface area (Å²) in [5, 5.41) is 3.27. The van der Waals surface area contributed by atoms with Gasteiger partial charge in [0, 0.05) is 6.04 Å². The quantitative estimate of drug-likeness (QED) is 0.897. The Kier molecular flexibility index (Phi) is 4.50. The lowest BCUT2D eigenvalue weighted by molar-refractivity contribution is 0.580. The molecule has 1 unspecified atom stereocenters. The maximum Gasteiger partial charge on any atom is 0.137 e. The monoisotopic (exact) mass is 307 g/mol. The Labute approximate surface area is 115 Å². The number of hydrogen-bond acceptors (Lipinski definition) is 1. The first kappa shape index (κ1) is 13.2. The number of benzene rings is 2. The molecule has 1 nitrogen and oxygen atoms in total. The van der Waals surface area contributed by atoms with Gasteiger partial charge in [-0.1, -0.05) is 42.5 Å². The zero-order valence-corrected chi connectivity index (χ0v) is 11.7. The van der Waals surface area contributed by atoms with Crippen LogP contribution in [0.4, 0.5) is 4.39 Å². The summed E-state index contributed by atoms with van der Waals surface area (Å²) in [6.07, 6.45) is 0.749. The average molecular weight is 308 g/mol. The molecule has 2 aromatic rings. The van der Waals surface area contributed by atoms with Gasteiger partial charge in [0.15, 0.2) is 0 Å². The second-order valence-corrected chi connectivity index (χ2v) is 4.96. The molecule has 94 valence electrons. The van der Waals surface area contributed by atoms with Crippen LogP contribution in [0.15, 0.2) is 53.0 Å². The molecule has 1 atom stereocenters. The molecule has 0 aliphatic carbocycles. The number of halogens is 2. The zero-order valence-electron chi connectivity index (χ0n) is 10.2. The van der Waals surface area contributed by atoms with Gasteiger partial charge in [0.1, 0.15) is 5.82 Å². The Balaban J connectivity index is 2.24. The van der Waals surface area contributed by atoms with Crippen LogP contribution in [-0.2, 0) is 6.42 Å². The van der Waals surface area contributed by atoms with E-state index < -0.39 is 0 Å². The first-order chi connectivity index (χ1) is 8.72. The molecule has 0 saturated carbocycles. The molecule has 3 heteroatoms. The Hall–Kier alpha value is -1.19. The average Bonchev–Trinajstić information content (AvgIpc) is 2.41. The molecule has 0 aliphatic heterocycles. The van der Waals surface area contributed by atoms with Crippen molar-refractivity contribution in [3.05, 3.63) is 69.9 Å². The van der Waals surface area contributed by atoms with Crippen LogP contribution >= 0.6 is 15.9 Å². The third kappa shape index (κ3) is 2.98. The standard InChI is InChI=1S/C15H15BrFN/c1-18-14(11-6-3-2-4-7-11)10-12-8-5-9-13(17)15(12)16/h2-9,14,18H,10H2,1H3. The van der Waals surface area contributed by atoms with Gasteiger partial charge in [0.25, 0.3) is 0 Å². The van der Waals surface area contributed by atoms with Crippen LogP contribution in [0.5, 0.6) is 0 Å². The van der Waals surface area contributed by atoms with E-state index in [9.17, 15) is 4.39 Å². The molecule has 0 amide bonds. The van der Waals surface area contributed by atoms with Gasteiger partial charge in [-0.15, -0.1) is 0 Å². The molecule has 0 aromatic heterocycles. The van der Waals surface area contributed by atoms with E-state index in [-0.39, 0.29) is 11.9 Å². The van der Waals surface area contributed by atoms with Crippen molar-refractivity contribution in [2.75, 3.05) is 7.05 Å². The molecule has 0 spiro atoms. The lowest BCUT2D eigenvalue weighted by Crippen LogP contribution is -2.19. The van der Waals surface area contributed by atoms with Gasteiger partial charge >= 0.3 is 0 Å². The van der Waals surface area contributed by atoms with Crippen molar-refractivity contribution < 1.29 is 4.39 Å². The molecule has 0 heterocycles. The first-order valence-electron chi connectivity index (χ1n) is 5.87. The van der Waals surface area contributed by atoms with Crippen molar-refractivity contribution in [3.63, 3.8) is 0 Å². The van der Waals surface area contributed by atoms with Crippen molar-refractivity contribution in [2.24, 2.45) is 0 Å². The maximum absolute atomic E-state index is 13.5. The number of nitrogens with one attached hydrogen (secondary N) is 1. The summed E-state index contributed by atoms with van der Waals surface area (Å²) in [6.45, 7) is 0. The van der Waals surface area contributed by atoms with Gasteiger partial charge < -0.3 is 5.32 Å². The summed E-state index contributed by atoms with van der Waals surface area (Å²) in [5.74, 6) is -0.213. The van der Waals surface area contributed by atoms with Crippen molar-refractivity contribution >= 4 is 15.9 Å². The molecule has 2 aromatic carbocycles. The summed E-state index contributed by atoms with van der Waals surface area (Å²) in [4.78, 5) is 0. The van der Waals surface area contributed by atoms with Crippen LogP contribution in [0.1, 0.15) is 17.2 Å². The maximum atomic E-state index is 13.5. The van der Waals surface area contributed by atoms with Crippen LogP contribution < -0.4 is 5.32 Å². The lowest BCUT2D eigenvalue weighted by atomic mass is 9.99. The highest BCUT2D eigenvalue weighted by molar-refractivity contribution is 9.10. The van der Waals surface area contributed by atoms with Crippen molar-refractivity contribution in [1.29, 1.82) is 0 Å². The highest BCUT2D eigenvalue weighted by Crippen LogP contribution is 2.25. The van der Waals surface area contributed by atoms with Gasteiger partial charge in [-0.3, -0.25) is 0 Å².